The SMILES string of the molecule is CCC(CN[C@H](c1ccccc1)[C@@H]1CNc2cc(/C(C=NC)=C/N)cnc2O1)c1ccccc1.[HH].[HH]. The van der Waals surface area contributed by atoms with Gasteiger partial charge in [0, 0.05) is 46.2 Å². The highest BCUT2D eigenvalue weighted by molar-refractivity contribution is 6.09. The Morgan fingerprint density at radius 3 is 2.56 bits per heavy atom. The molecule has 2 aromatic carbocycles. The van der Waals surface area contributed by atoms with Crippen molar-refractivity contribution < 1.29 is 7.59 Å². The highest BCUT2D eigenvalue weighted by atomic mass is 16.5. The molecule has 0 radical (unpaired) electrons. The van der Waals surface area contributed by atoms with E-state index >= 15 is 0 Å². The molecule has 1 aliphatic heterocycles. The number of hydrogen-bond acceptors (Lipinski definition) is 6. The van der Waals surface area contributed by atoms with Crippen LogP contribution in [0.3, 0.4) is 0 Å². The second kappa shape index (κ2) is 11.5. The zero-order valence-corrected chi connectivity index (χ0v) is 19.8. The van der Waals surface area contributed by atoms with E-state index in [1.807, 2.05) is 12.1 Å². The number of aliphatic imine (C=N–C) groups is 1. The molecule has 3 aromatic rings. The van der Waals surface area contributed by atoms with Crippen LogP contribution >= 0.6 is 0 Å². The Labute approximate surface area is 205 Å². The van der Waals surface area contributed by atoms with E-state index in [-0.39, 0.29) is 15.0 Å². The summed E-state index contributed by atoms with van der Waals surface area (Å²) in [7, 11) is 1.72. The fourth-order valence-corrected chi connectivity index (χ4v) is 4.38. The van der Waals surface area contributed by atoms with Crippen LogP contribution in [-0.2, 0) is 0 Å². The molecule has 0 fully saturated rings. The first-order chi connectivity index (χ1) is 16.7. The van der Waals surface area contributed by atoms with Gasteiger partial charge in [-0.15, -0.1) is 0 Å². The lowest BCUT2D eigenvalue weighted by Gasteiger charge is -2.34. The minimum atomic E-state index is -0.108. The van der Waals surface area contributed by atoms with Crippen LogP contribution in [-0.4, -0.2) is 37.4 Å². The minimum absolute atomic E-state index is 0. The van der Waals surface area contributed by atoms with E-state index < -0.39 is 0 Å². The number of aromatic nitrogens is 1. The Morgan fingerprint density at radius 2 is 1.91 bits per heavy atom. The quantitative estimate of drug-likeness (QED) is 0.380. The first kappa shape index (κ1) is 23.5. The number of nitrogens with one attached hydrogen (secondary N) is 2. The van der Waals surface area contributed by atoms with Crippen LogP contribution in [0.4, 0.5) is 5.69 Å². The fraction of sp³-hybridized carbons (Fsp3) is 0.286. The van der Waals surface area contributed by atoms with Gasteiger partial charge in [-0.25, -0.2) is 4.98 Å². The van der Waals surface area contributed by atoms with Crippen LogP contribution in [0.5, 0.6) is 5.88 Å². The average molecular weight is 460 g/mol. The van der Waals surface area contributed by atoms with Crippen molar-refractivity contribution in [1.82, 2.24) is 10.3 Å². The largest absolute Gasteiger partial charge is 0.469 e. The highest BCUT2D eigenvalue weighted by Gasteiger charge is 2.30. The molecule has 0 bridgehead atoms. The third-order valence-electron chi connectivity index (χ3n) is 6.27. The third kappa shape index (κ3) is 5.46. The second-order valence-corrected chi connectivity index (χ2v) is 8.44. The minimum Gasteiger partial charge on any atom is -0.469 e. The Hall–Kier alpha value is -3.64. The molecule has 34 heavy (non-hydrogen) atoms. The predicted molar refractivity (Wildman–Crippen MR) is 145 cm³/mol. The molecule has 6 nitrogen and oxygen atoms in total. The highest BCUT2D eigenvalue weighted by Crippen LogP contribution is 2.33. The molecule has 1 unspecified atom stereocenters. The third-order valence-corrected chi connectivity index (χ3v) is 6.27. The molecule has 0 aliphatic carbocycles. The molecule has 0 saturated carbocycles. The predicted octanol–water partition coefficient (Wildman–Crippen LogP) is 5.27. The molecule has 4 rings (SSSR count). The number of rotatable bonds is 9. The lowest BCUT2D eigenvalue weighted by molar-refractivity contribution is 0.149. The number of anilines is 1. The van der Waals surface area contributed by atoms with Gasteiger partial charge in [-0.1, -0.05) is 67.6 Å². The molecule has 6 heteroatoms. The summed E-state index contributed by atoms with van der Waals surface area (Å²) >= 11 is 0. The molecule has 0 saturated heterocycles. The second-order valence-electron chi connectivity index (χ2n) is 8.44. The molecule has 1 aliphatic rings. The first-order valence-corrected chi connectivity index (χ1v) is 11.8. The lowest BCUT2D eigenvalue weighted by atomic mass is 9.94. The van der Waals surface area contributed by atoms with Crippen LogP contribution in [0.25, 0.3) is 5.57 Å². The van der Waals surface area contributed by atoms with E-state index in [0.29, 0.717) is 18.3 Å². The van der Waals surface area contributed by atoms with Gasteiger partial charge >= 0.3 is 0 Å². The van der Waals surface area contributed by atoms with Gasteiger partial charge in [-0.3, -0.25) is 4.99 Å². The van der Waals surface area contributed by atoms with E-state index in [1.54, 1.807) is 19.5 Å². The van der Waals surface area contributed by atoms with Crippen LogP contribution in [0.15, 0.2) is 84.1 Å². The number of hydrogen-bond donors (Lipinski definition) is 3. The number of allylic oxidation sites excluding steroid dienone is 1. The van der Waals surface area contributed by atoms with Crippen LogP contribution in [0.1, 0.15) is 44.8 Å². The molecule has 180 valence electrons. The van der Waals surface area contributed by atoms with E-state index in [1.165, 1.54) is 17.3 Å². The molecule has 2 heterocycles. The Morgan fingerprint density at radius 1 is 1.21 bits per heavy atom. The standard InChI is InChI=1S/C28H33N5O.2H2/c1-3-20(21-10-6-4-7-11-21)17-32-27(22-12-8-5-9-13-22)26-19-31-25-14-23(18-33-28(25)34-26)24(15-29)16-30-2;;/h4-16,18,20,26-27,31-32H,3,17,19,29H2,1-2H3;2*1H/b24-15+,30-16?;;/t20?,26-,27+;;/m0../s1. The molecule has 0 spiro atoms. The zero-order valence-electron chi connectivity index (χ0n) is 19.8. The van der Waals surface area contributed by atoms with Gasteiger partial charge in [-0.05, 0) is 29.5 Å². The molecule has 0 amide bonds. The number of pyridine rings is 1. The summed E-state index contributed by atoms with van der Waals surface area (Å²) in [5.74, 6) is 1.03. The monoisotopic (exact) mass is 459 g/mol. The van der Waals surface area contributed by atoms with E-state index in [4.69, 9.17) is 10.5 Å². The van der Waals surface area contributed by atoms with Crippen molar-refractivity contribution in [2.75, 3.05) is 25.5 Å². The average Bonchev–Trinajstić information content (AvgIpc) is 2.90. The summed E-state index contributed by atoms with van der Waals surface area (Å²) in [5, 5.41) is 7.32. The van der Waals surface area contributed by atoms with E-state index in [2.05, 4.69) is 82.1 Å². The van der Waals surface area contributed by atoms with Crippen molar-refractivity contribution in [3.63, 3.8) is 0 Å². The van der Waals surface area contributed by atoms with Crippen molar-refractivity contribution in [1.29, 1.82) is 0 Å². The summed E-state index contributed by atoms with van der Waals surface area (Å²) in [6, 6.07) is 23.2. The number of benzene rings is 2. The zero-order chi connectivity index (χ0) is 23.8. The van der Waals surface area contributed by atoms with Gasteiger partial charge in [0.2, 0.25) is 5.88 Å². The number of ether oxygens (including phenoxy) is 1. The molecule has 3 atom stereocenters. The van der Waals surface area contributed by atoms with Crippen LogP contribution in [0, 0.1) is 0 Å². The van der Waals surface area contributed by atoms with Gasteiger partial charge < -0.3 is 21.1 Å². The topological polar surface area (TPSA) is 84.6 Å². The summed E-state index contributed by atoms with van der Waals surface area (Å²) in [5.41, 5.74) is 10.9. The van der Waals surface area contributed by atoms with E-state index in [9.17, 15) is 0 Å². The summed E-state index contributed by atoms with van der Waals surface area (Å²) < 4.78 is 6.43. The number of fused-ring (bicyclic) bond motifs is 1. The normalized spacial score (nSPS) is 17.5. The summed E-state index contributed by atoms with van der Waals surface area (Å²) in [4.78, 5) is 8.65. The van der Waals surface area contributed by atoms with Crippen molar-refractivity contribution in [2.45, 2.75) is 31.4 Å². The van der Waals surface area contributed by atoms with Gasteiger partial charge in [0.15, 0.2) is 0 Å². The van der Waals surface area contributed by atoms with Crippen molar-refractivity contribution >= 4 is 17.5 Å². The summed E-state index contributed by atoms with van der Waals surface area (Å²) in [6.45, 7) is 3.76. The smallest absolute Gasteiger partial charge is 0.237 e. The molecule has 4 N–H and O–H groups in total. The Kier molecular flexibility index (Phi) is 7.94. The van der Waals surface area contributed by atoms with Crippen molar-refractivity contribution in [3.05, 3.63) is 95.8 Å². The van der Waals surface area contributed by atoms with Gasteiger partial charge in [0.1, 0.15) is 6.10 Å². The van der Waals surface area contributed by atoms with Crippen LogP contribution in [0.2, 0.25) is 0 Å². The fourth-order valence-electron chi connectivity index (χ4n) is 4.38. The van der Waals surface area contributed by atoms with E-state index in [0.717, 1.165) is 29.8 Å². The van der Waals surface area contributed by atoms with Gasteiger partial charge in [-0.2, -0.15) is 0 Å². The van der Waals surface area contributed by atoms with Crippen molar-refractivity contribution in [2.24, 2.45) is 10.7 Å². The molecular formula is C28H37N5O. The Bertz CT molecular complexity index is 1130. The van der Waals surface area contributed by atoms with Gasteiger partial charge in [0.05, 0.1) is 18.3 Å². The maximum atomic E-state index is 6.43. The Balaban J connectivity index is 0.00000228. The van der Waals surface area contributed by atoms with Crippen molar-refractivity contribution in [3.8, 4) is 5.88 Å². The van der Waals surface area contributed by atoms with Crippen LogP contribution < -0.4 is 21.1 Å². The lowest BCUT2D eigenvalue weighted by Crippen LogP contribution is -2.43. The molecule has 1 aromatic heterocycles. The molecular weight excluding hydrogens is 422 g/mol. The first-order valence-electron chi connectivity index (χ1n) is 11.8. The number of nitrogens with two attached hydrogens (primary N) is 1. The van der Waals surface area contributed by atoms with Gasteiger partial charge in [0.25, 0.3) is 0 Å². The number of nitrogens with zero attached hydrogens (tertiary/aromatic N) is 2. The maximum absolute atomic E-state index is 6.43. The maximum Gasteiger partial charge on any atom is 0.237 e. The summed E-state index contributed by atoms with van der Waals surface area (Å²) in [6.07, 6.45) is 5.99.